The zero-order chi connectivity index (χ0) is 50.7. The van der Waals surface area contributed by atoms with Gasteiger partial charge in [0.1, 0.15) is 11.2 Å². The topological polar surface area (TPSA) is 101 Å². The second-order valence-corrected chi connectivity index (χ2v) is 36.1. The third-order valence-electron chi connectivity index (χ3n) is 15.9. The Balaban J connectivity index is 0.000000327. The number of Topliss-reactive ketones (excluding diaryl/α,β-unsaturated/α-hetero) is 1. The van der Waals surface area contributed by atoms with Gasteiger partial charge < -0.3 is 9.94 Å². The van der Waals surface area contributed by atoms with Crippen molar-refractivity contribution in [3.63, 3.8) is 0 Å². The van der Waals surface area contributed by atoms with Crippen LogP contribution in [0.25, 0.3) is 0 Å². The summed E-state index contributed by atoms with van der Waals surface area (Å²) in [4.78, 5) is 54.3. The zero-order valence-electron chi connectivity index (χ0n) is 43.3. The molecular weight excluding hydrogens is 881 g/mol. The van der Waals surface area contributed by atoms with Crippen molar-refractivity contribution in [2.24, 2.45) is 69.5 Å². The molecule has 380 valence electrons. The highest BCUT2D eigenvalue weighted by Gasteiger charge is 2.63. The number of carbonyl (C=O) groups is 4. The number of rotatable bonds is 15. The average Bonchev–Trinajstić information content (AvgIpc) is 3.98. The van der Waals surface area contributed by atoms with Gasteiger partial charge in [0.15, 0.2) is 5.60 Å². The first kappa shape index (κ1) is 59.4. The van der Waals surface area contributed by atoms with E-state index >= 15 is 0 Å². The fraction of sp³-hybridized carbons (Fsp3) is 0.920. The molecule has 5 aliphatic rings. The third kappa shape index (κ3) is 15.6. The molecule has 2 amide bonds. The first-order valence-corrected chi connectivity index (χ1v) is 32.1. The highest BCUT2D eigenvalue weighted by atomic mass is 28.3. The molecule has 1 heterocycles. The van der Waals surface area contributed by atoms with Crippen molar-refractivity contribution in [2.45, 2.75) is 223 Å². The Bertz CT molecular complexity index is 1590. The Morgan fingerprint density at radius 2 is 1.22 bits per heavy atom. The standard InChI is InChI=1S/C18H26F6O2.C15H21NO4.C9H22Si.C8H20Si/c1-4-15(2,17(19,20)21)14(25)8-11-5-10-6-12(13(11)7-10)9-16(3,26)18(22,23)24;1-4-15(2,3)14(19)20-16-12(17)10-8-5-6-9(7-8)11(10)13(16)18;1-7-9(2,3)8-10(4,5)6;1-6-8(2)7-9(3,4)5/h10-13,26H,4-9H2,1-3H3;8-11H,4-7H2,1-3H3;7-8H2,1-6H3;8H,6-7H2,1-5H3. The number of ketones is 1. The van der Waals surface area contributed by atoms with Crippen molar-refractivity contribution < 1.29 is 55.5 Å². The van der Waals surface area contributed by atoms with Crippen LogP contribution in [0.15, 0.2) is 0 Å². The summed E-state index contributed by atoms with van der Waals surface area (Å²) < 4.78 is 78.6. The van der Waals surface area contributed by atoms with Gasteiger partial charge in [-0.15, -0.1) is 5.06 Å². The molecule has 0 aromatic carbocycles. The maximum Gasteiger partial charge on any atom is 0.416 e. The molecule has 4 bridgehead atoms. The van der Waals surface area contributed by atoms with E-state index in [1.807, 2.05) is 6.92 Å². The second kappa shape index (κ2) is 21.9. The molecule has 1 saturated heterocycles. The van der Waals surface area contributed by atoms with Gasteiger partial charge >= 0.3 is 18.3 Å². The quantitative estimate of drug-likeness (QED) is 0.0997. The molecule has 0 radical (unpaired) electrons. The first-order valence-electron chi connectivity index (χ1n) is 24.7. The molecule has 7 nitrogen and oxygen atoms in total. The summed E-state index contributed by atoms with van der Waals surface area (Å²) in [7, 11) is -1.55. The van der Waals surface area contributed by atoms with Crippen LogP contribution in [0.5, 0.6) is 0 Å². The van der Waals surface area contributed by atoms with Crippen molar-refractivity contribution in [2.75, 3.05) is 0 Å². The van der Waals surface area contributed by atoms with Crippen molar-refractivity contribution in [1.82, 2.24) is 5.06 Å². The first-order chi connectivity index (χ1) is 29.2. The number of imide groups is 1. The summed E-state index contributed by atoms with van der Waals surface area (Å²) in [6.07, 6.45) is -2.44. The van der Waals surface area contributed by atoms with E-state index in [9.17, 15) is 50.6 Å². The molecule has 4 aliphatic carbocycles. The lowest BCUT2D eigenvalue weighted by Gasteiger charge is -2.37. The Morgan fingerprint density at radius 1 is 0.723 bits per heavy atom. The lowest BCUT2D eigenvalue weighted by Crippen LogP contribution is -2.45. The molecule has 4 saturated carbocycles. The minimum Gasteiger partial charge on any atom is -0.381 e. The van der Waals surface area contributed by atoms with Gasteiger partial charge in [-0.05, 0) is 132 Å². The SMILES string of the molecule is CCC(C)(C(=O)CC1CC2CC(CC(C)(O)C(F)(F)F)C1C2)C(F)(F)F.CCC(C)(C)C(=O)ON1C(=O)C2C3CCC(C3)C2C1=O.CCC(C)(C)C[Si](C)(C)C.CCC(C)C[Si](C)(C)C. The van der Waals surface area contributed by atoms with Crippen LogP contribution in [0.4, 0.5) is 26.3 Å². The van der Waals surface area contributed by atoms with E-state index in [0.717, 1.165) is 44.1 Å². The van der Waals surface area contributed by atoms with Crippen LogP contribution in [-0.2, 0) is 24.0 Å². The van der Waals surface area contributed by atoms with E-state index < -0.39 is 69.0 Å². The van der Waals surface area contributed by atoms with Gasteiger partial charge in [-0.3, -0.25) is 14.4 Å². The maximum atomic E-state index is 13.3. The average molecular weight is 970 g/mol. The van der Waals surface area contributed by atoms with Crippen molar-refractivity contribution >= 4 is 39.7 Å². The minimum absolute atomic E-state index is 0.130. The Morgan fingerprint density at radius 3 is 1.55 bits per heavy atom. The number of amides is 2. The van der Waals surface area contributed by atoms with E-state index in [-0.39, 0.29) is 54.2 Å². The lowest BCUT2D eigenvalue weighted by atomic mass is 9.71. The Hall–Kier alpha value is -1.75. The van der Waals surface area contributed by atoms with Crippen LogP contribution in [0.2, 0.25) is 51.4 Å². The summed E-state index contributed by atoms with van der Waals surface area (Å²) in [5.74, 6) is -1.73. The zero-order valence-corrected chi connectivity index (χ0v) is 45.3. The van der Waals surface area contributed by atoms with Crippen LogP contribution >= 0.6 is 0 Å². The van der Waals surface area contributed by atoms with Gasteiger partial charge in [0.25, 0.3) is 11.8 Å². The predicted molar refractivity (Wildman–Crippen MR) is 253 cm³/mol. The maximum absolute atomic E-state index is 13.3. The molecule has 11 atom stereocenters. The van der Waals surface area contributed by atoms with Crippen LogP contribution in [0.3, 0.4) is 0 Å². The lowest BCUT2D eigenvalue weighted by molar-refractivity contribution is -0.260. The summed E-state index contributed by atoms with van der Waals surface area (Å²) in [5, 5.41) is 10.5. The van der Waals surface area contributed by atoms with E-state index in [2.05, 4.69) is 73.9 Å². The fourth-order valence-electron chi connectivity index (χ4n) is 11.3. The van der Waals surface area contributed by atoms with Crippen LogP contribution in [-0.4, -0.2) is 67.8 Å². The number of alkyl halides is 6. The molecule has 0 aromatic heterocycles. The third-order valence-corrected chi connectivity index (χ3v) is 19.8. The van der Waals surface area contributed by atoms with Gasteiger partial charge in [0.05, 0.1) is 17.3 Å². The van der Waals surface area contributed by atoms with Gasteiger partial charge in [0.2, 0.25) is 0 Å². The van der Waals surface area contributed by atoms with Gasteiger partial charge in [-0.25, -0.2) is 4.79 Å². The van der Waals surface area contributed by atoms with E-state index in [1.165, 1.54) is 31.9 Å². The molecule has 5 fully saturated rings. The molecule has 0 aromatic rings. The van der Waals surface area contributed by atoms with Crippen molar-refractivity contribution in [3.8, 4) is 0 Å². The number of hydroxylamine groups is 2. The van der Waals surface area contributed by atoms with E-state index in [0.29, 0.717) is 42.9 Å². The van der Waals surface area contributed by atoms with Gasteiger partial charge in [0, 0.05) is 22.6 Å². The van der Waals surface area contributed by atoms with Gasteiger partial charge in [-0.2, -0.15) is 26.3 Å². The smallest absolute Gasteiger partial charge is 0.381 e. The molecule has 65 heavy (non-hydrogen) atoms. The monoisotopic (exact) mass is 970 g/mol. The normalized spacial score (nSPS) is 28.8. The van der Waals surface area contributed by atoms with Crippen LogP contribution in [0, 0.1) is 69.5 Å². The van der Waals surface area contributed by atoms with Crippen LogP contribution in [0.1, 0.15) is 153 Å². The summed E-state index contributed by atoms with van der Waals surface area (Å²) >= 11 is 0. The predicted octanol–water partition coefficient (Wildman–Crippen LogP) is 14.3. The van der Waals surface area contributed by atoms with Crippen molar-refractivity contribution in [1.29, 1.82) is 0 Å². The Labute approximate surface area is 391 Å². The van der Waals surface area contributed by atoms with E-state index in [1.54, 1.807) is 13.8 Å². The molecular formula is C50H89F6NO6Si2. The highest BCUT2D eigenvalue weighted by molar-refractivity contribution is 6.76. The molecule has 5 rings (SSSR count). The van der Waals surface area contributed by atoms with Crippen LogP contribution < -0.4 is 0 Å². The molecule has 1 aliphatic heterocycles. The number of aliphatic hydroxyl groups is 1. The molecule has 0 spiro atoms. The number of hydrogen-bond acceptors (Lipinski definition) is 6. The Kier molecular flexibility index (Phi) is 20.0. The number of hydrogen-bond donors (Lipinski definition) is 1. The fourth-order valence-corrected chi connectivity index (χ4v) is 16.8. The molecule has 1 N–H and O–H groups in total. The van der Waals surface area contributed by atoms with Crippen molar-refractivity contribution in [3.05, 3.63) is 0 Å². The molecule has 15 heteroatoms. The van der Waals surface area contributed by atoms with Gasteiger partial charge in [-0.1, -0.05) is 113 Å². The minimum atomic E-state index is -4.75. The second-order valence-electron chi connectivity index (χ2n) is 25.0. The van der Waals surface area contributed by atoms with E-state index in [4.69, 9.17) is 4.84 Å². The molecule has 11 unspecified atom stereocenters. The summed E-state index contributed by atoms with van der Waals surface area (Å²) in [6.45, 7) is 34.7. The highest BCUT2D eigenvalue weighted by Crippen LogP contribution is 2.58. The number of halogens is 6. The number of nitrogens with zero attached hydrogens (tertiary/aromatic N) is 1. The number of fused-ring (bicyclic) bond motifs is 7. The summed E-state index contributed by atoms with van der Waals surface area (Å²) in [6, 6.07) is 2.94. The largest absolute Gasteiger partial charge is 0.416 e. The number of carbonyl (C=O) groups excluding carboxylic acids is 4. The summed E-state index contributed by atoms with van der Waals surface area (Å²) in [5.41, 5.74) is -5.33.